The molecule has 186 valence electrons. The van der Waals surface area contributed by atoms with Crippen molar-refractivity contribution in [3.05, 3.63) is 66.0 Å². The van der Waals surface area contributed by atoms with Crippen LogP contribution in [0.1, 0.15) is 0 Å². The molecule has 0 unspecified atom stereocenters. The highest BCUT2D eigenvalue weighted by Crippen LogP contribution is 2.33. The van der Waals surface area contributed by atoms with E-state index in [2.05, 4.69) is 25.1 Å². The van der Waals surface area contributed by atoms with Crippen LogP contribution in [0.5, 0.6) is 6.01 Å². The summed E-state index contributed by atoms with van der Waals surface area (Å²) in [6, 6.07) is 18.0. The van der Waals surface area contributed by atoms with Gasteiger partial charge in [-0.2, -0.15) is 4.98 Å². The van der Waals surface area contributed by atoms with Crippen molar-refractivity contribution >= 4 is 22.8 Å². The highest BCUT2D eigenvalue weighted by Gasteiger charge is 2.48. The molecular formula is C26H20ClN5O5. The number of rotatable bonds is 5. The molecular weight excluding hydrogens is 498 g/mol. The van der Waals surface area contributed by atoms with Crippen LogP contribution in [0.4, 0.5) is 0 Å². The predicted octanol–water partition coefficient (Wildman–Crippen LogP) is 3.90. The van der Waals surface area contributed by atoms with Crippen molar-refractivity contribution in [3.8, 4) is 39.8 Å². The van der Waals surface area contributed by atoms with E-state index in [9.17, 15) is 5.11 Å². The molecule has 0 spiro atoms. The van der Waals surface area contributed by atoms with Gasteiger partial charge in [0.25, 0.3) is 6.01 Å². The fourth-order valence-corrected chi connectivity index (χ4v) is 5.03. The van der Waals surface area contributed by atoms with Crippen LogP contribution in [0.25, 0.3) is 45.0 Å². The fraction of sp³-hybridized carbons (Fsp3) is 0.231. The van der Waals surface area contributed by atoms with Crippen LogP contribution < -0.4 is 4.74 Å². The number of hydrogen-bond acceptors (Lipinski definition) is 9. The van der Waals surface area contributed by atoms with Crippen molar-refractivity contribution in [2.24, 2.45) is 0 Å². The summed E-state index contributed by atoms with van der Waals surface area (Å²) < 4.78 is 22.5. The molecule has 5 heterocycles. The Morgan fingerprint density at radius 3 is 2.32 bits per heavy atom. The average Bonchev–Trinajstić information content (AvgIpc) is 3.71. The lowest BCUT2D eigenvalue weighted by Crippen LogP contribution is -2.34. The summed E-state index contributed by atoms with van der Waals surface area (Å²) in [6.45, 7) is 0.551. The quantitative estimate of drug-likeness (QED) is 0.356. The van der Waals surface area contributed by atoms with Gasteiger partial charge >= 0.3 is 0 Å². The minimum atomic E-state index is -0.639. The smallest absolute Gasteiger partial charge is 0.296 e. The molecule has 2 aromatic carbocycles. The van der Waals surface area contributed by atoms with Gasteiger partial charge in [0.2, 0.25) is 12.3 Å². The van der Waals surface area contributed by atoms with Crippen LogP contribution in [0.15, 0.2) is 65.4 Å². The molecule has 2 aliphatic rings. The normalized spacial score (nSPS) is 23.0. The first-order chi connectivity index (χ1) is 18.1. The van der Waals surface area contributed by atoms with E-state index in [0.717, 1.165) is 22.3 Å². The number of aliphatic hydroxyl groups excluding tert-OH is 1. The molecule has 0 saturated carbocycles. The zero-order chi connectivity index (χ0) is 24.9. The molecule has 3 aromatic heterocycles. The molecule has 37 heavy (non-hydrogen) atoms. The predicted molar refractivity (Wildman–Crippen MR) is 133 cm³/mol. The van der Waals surface area contributed by atoms with E-state index >= 15 is 0 Å². The lowest BCUT2D eigenvalue weighted by atomic mass is 10.0. The maximum absolute atomic E-state index is 9.93. The molecule has 2 N–H and O–H groups in total. The third-order valence-corrected chi connectivity index (χ3v) is 6.92. The minimum Gasteiger partial charge on any atom is -0.456 e. The number of aromatic amines is 1. The molecule has 0 bridgehead atoms. The third kappa shape index (κ3) is 4.04. The Hall–Kier alpha value is -3.83. The highest BCUT2D eigenvalue weighted by molar-refractivity contribution is 6.33. The molecule has 5 aromatic rings. The lowest BCUT2D eigenvalue weighted by molar-refractivity contribution is 0.00706. The van der Waals surface area contributed by atoms with Gasteiger partial charge in [0, 0.05) is 11.1 Å². The zero-order valence-corrected chi connectivity index (χ0v) is 20.0. The standard InChI is InChI=1S/C26H20ClN5O5/c27-17-9-18-24(31-26(29-18)37-20-11-35-22-19(33)10-34-23(20)22)30-21(17)15-5-1-13(2-6-15)14-3-7-16(8-4-14)25-32-28-12-36-25/h1-9,12,19-20,22-23,33H,10-11H2,(H,29,30,31)/t19-,20-,22-,23-/m1/s1. The van der Waals surface area contributed by atoms with Gasteiger partial charge in [-0.15, -0.1) is 10.2 Å². The summed E-state index contributed by atoms with van der Waals surface area (Å²) in [6.07, 6.45) is -0.403. The second kappa shape index (κ2) is 8.93. The van der Waals surface area contributed by atoms with Crippen LogP contribution in [0, 0.1) is 0 Å². The van der Waals surface area contributed by atoms with Crippen molar-refractivity contribution in [3.63, 3.8) is 0 Å². The van der Waals surface area contributed by atoms with Gasteiger partial charge in [-0.1, -0.05) is 48.0 Å². The fourth-order valence-electron chi connectivity index (χ4n) is 4.77. The zero-order valence-electron chi connectivity index (χ0n) is 19.2. The molecule has 0 amide bonds. The maximum atomic E-state index is 9.93. The lowest BCUT2D eigenvalue weighted by Gasteiger charge is -2.15. The van der Waals surface area contributed by atoms with Crippen molar-refractivity contribution < 1.29 is 23.7 Å². The highest BCUT2D eigenvalue weighted by atomic mass is 35.5. The first-order valence-electron chi connectivity index (χ1n) is 11.7. The molecule has 2 saturated heterocycles. The summed E-state index contributed by atoms with van der Waals surface area (Å²) in [5.74, 6) is 0.483. The third-order valence-electron chi connectivity index (χ3n) is 6.63. The minimum absolute atomic E-state index is 0.236. The first-order valence-corrected chi connectivity index (χ1v) is 12.1. The van der Waals surface area contributed by atoms with Gasteiger partial charge in [0.15, 0.2) is 11.8 Å². The number of benzene rings is 2. The van der Waals surface area contributed by atoms with E-state index in [-0.39, 0.29) is 24.9 Å². The Labute approximate surface area is 215 Å². The number of H-pyrrole nitrogens is 1. The van der Waals surface area contributed by atoms with E-state index in [1.807, 2.05) is 48.5 Å². The Balaban J connectivity index is 1.11. The molecule has 0 aliphatic carbocycles. The second-order valence-corrected chi connectivity index (χ2v) is 9.36. The molecule has 4 atom stereocenters. The number of fused-ring (bicyclic) bond motifs is 2. The second-order valence-electron chi connectivity index (χ2n) is 8.95. The van der Waals surface area contributed by atoms with Gasteiger partial charge in [0.05, 0.1) is 29.4 Å². The van der Waals surface area contributed by atoms with Crippen LogP contribution in [0.2, 0.25) is 5.02 Å². The SMILES string of the molecule is O[C@@H]1CO[C@H]2[C@@H]1OC[C@H]2Oc1nc2nc(-c3ccc(-c4ccc(-c5nnco5)cc4)cc3)c(Cl)cc2[nH]1. The van der Waals surface area contributed by atoms with Gasteiger partial charge < -0.3 is 28.7 Å². The molecule has 0 radical (unpaired) electrons. The molecule has 10 nitrogen and oxygen atoms in total. The van der Waals surface area contributed by atoms with Crippen LogP contribution in [0.3, 0.4) is 0 Å². The summed E-state index contributed by atoms with van der Waals surface area (Å²) in [5, 5.41) is 18.1. The first kappa shape index (κ1) is 22.4. The van der Waals surface area contributed by atoms with Crippen LogP contribution in [-0.4, -0.2) is 67.9 Å². The van der Waals surface area contributed by atoms with Crippen molar-refractivity contribution in [1.29, 1.82) is 0 Å². The van der Waals surface area contributed by atoms with E-state index in [1.54, 1.807) is 6.07 Å². The van der Waals surface area contributed by atoms with Gasteiger partial charge in [-0.3, -0.25) is 0 Å². The molecule has 7 rings (SSSR count). The molecule has 2 aliphatic heterocycles. The Morgan fingerprint density at radius 1 is 0.892 bits per heavy atom. The Morgan fingerprint density at radius 2 is 1.59 bits per heavy atom. The van der Waals surface area contributed by atoms with E-state index in [0.29, 0.717) is 40.4 Å². The van der Waals surface area contributed by atoms with Gasteiger partial charge in [0.1, 0.15) is 18.3 Å². The van der Waals surface area contributed by atoms with Gasteiger partial charge in [-0.25, -0.2) is 4.98 Å². The Bertz CT molecular complexity index is 1560. The van der Waals surface area contributed by atoms with Crippen LogP contribution >= 0.6 is 11.6 Å². The van der Waals surface area contributed by atoms with E-state index < -0.39 is 6.10 Å². The summed E-state index contributed by atoms with van der Waals surface area (Å²) >= 11 is 6.59. The number of pyridine rings is 1. The van der Waals surface area contributed by atoms with E-state index in [1.165, 1.54) is 6.39 Å². The average molecular weight is 518 g/mol. The van der Waals surface area contributed by atoms with Crippen molar-refractivity contribution in [2.45, 2.75) is 24.4 Å². The van der Waals surface area contributed by atoms with Crippen LogP contribution in [-0.2, 0) is 9.47 Å². The summed E-state index contributed by atoms with van der Waals surface area (Å²) in [7, 11) is 0. The van der Waals surface area contributed by atoms with Crippen molar-refractivity contribution in [1.82, 2.24) is 25.1 Å². The van der Waals surface area contributed by atoms with Gasteiger partial charge in [-0.05, 0) is 29.3 Å². The van der Waals surface area contributed by atoms with Crippen molar-refractivity contribution in [2.75, 3.05) is 13.2 Å². The van der Waals surface area contributed by atoms with E-state index in [4.69, 9.17) is 30.2 Å². The Kier molecular flexibility index (Phi) is 5.40. The number of imidazole rings is 1. The maximum Gasteiger partial charge on any atom is 0.296 e. The topological polar surface area (TPSA) is 128 Å². The largest absolute Gasteiger partial charge is 0.456 e. The molecule has 11 heteroatoms. The number of nitrogens with zero attached hydrogens (tertiary/aromatic N) is 4. The summed E-state index contributed by atoms with van der Waals surface area (Å²) in [5.41, 5.74) is 5.58. The molecule has 2 fully saturated rings. The number of aliphatic hydroxyl groups is 1. The summed E-state index contributed by atoms with van der Waals surface area (Å²) in [4.78, 5) is 12.3. The monoisotopic (exact) mass is 517 g/mol. The number of aromatic nitrogens is 5. The number of nitrogens with one attached hydrogen (secondary N) is 1. The number of hydrogen-bond donors (Lipinski definition) is 2. The number of ether oxygens (including phenoxy) is 3. The number of halogens is 1.